The molecule has 0 radical (unpaired) electrons. The number of nitrogens with zero attached hydrogens (tertiary/aromatic N) is 3. The van der Waals surface area contributed by atoms with Gasteiger partial charge in [-0.3, -0.25) is 4.79 Å². The van der Waals surface area contributed by atoms with Gasteiger partial charge in [-0.1, -0.05) is 32.0 Å². The van der Waals surface area contributed by atoms with Gasteiger partial charge in [0.25, 0.3) is 5.91 Å². The van der Waals surface area contributed by atoms with E-state index in [1.165, 1.54) is 0 Å². The first-order valence-corrected chi connectivity index (χ1v) is 11.0. The van der Waals surface area contributed by atoms with Crippen LogP contribution in [0.4, 0.5) is 10.5 Å². The highest BCUT2D eigenvalue weighted by Crippen LogP contribution is 2.40. The summed E-state index contributed by atoms with van der Waals surface area (Å²) in [6.45, 7) is 8.25. The van der Waals surface area contributed by atoms with E-state index < -0.39 is 11.7 Å². The Labute approximate surface area is 183 Å². The average Bonchev–Trinajstić information content (AvgIpc) is 3.24. The van der Waals surface area contributed by atoms with Crippen LogP contribution in [0.15, 0.2) is 36.7 Å². The van der Waals surface area contributed by atoms with Crippen LogP contribution in [0.3, 0.4) is 0 Å². The summed E-state index contributed by atoms with van der Waals surface area (Å²) in [4.78, 5) is 31.9. The number of hydrogen-bond acceptors (Lipinski definition) is 4. The fraction of sp³-hybridized carbons (Fsp3) is 0.522. The zero-order valence-electron chi connectivity index (χ0n) is 18.4. The Bertz CT molecular complexity index is 946. The smallest absolute Gasteiger partial charge is 0.321 e. The summed E-state index contributed by atoms with van der Waals surface area (Å²) >= 11 is 0. The lowest BCUT2D eigenvalue weighted by atomic mass is 9.88. The van der Waals surface area contributed by atoms with Crippen molar-refractivity contribution in [1.29, 1.82) is 0 Å². The number of likely N-dealkylation sites (tertiary alicyclic amines) is 1. The molecule has 4 rings (SSSR count). The Morgan fingerprint density at radius 1 is 1.26 bits per heavy atom. The monoisotopic (exact) mass is 425 g/mol. The van der Waals surface area contributed by atoms with Crippen molar-refractivity contribution in [2.45, 2.75) is 51.9 Å². The quantitative estimate of drug-likeness (QED) is 0.788. The fourth-order valence-electron chi connectivity index (χ4n) is 4.27. The fourth-order valence-corrected chi connectivity index (χ4v) is 4.27. The summed E-state index contributed by atoms with van der Waals surface area (Å²) in [5.41, 5.74) is 1.19. The van der Waals surface area contributed by atoms with Crippen molar-refractivity contribution in [1.82, 2.24) is 19.8 Å². The Hall–Kier alpha value is -2.87. The molecule has 0 aliphatic carbocycles. The van der Waals surface area contributed by atoms with Crippen LogP contribution in [0.1, 0.15) is 38.1 Å². The van der Waals surface area contributed by atoms with Crippen LogP contribution in [0, 0.1) is 12.8 Å². The van der Waals surface area contributed by atoms with E-state index in [4.69, 9.17) is 4.74 Å². The number of hydrogen-bond donors (Lipinski definition) is 2. The van der Waals surface area contributed by atoms with E-state index in [0.717, 1.165) is 17.1 Å². The summed E-state index contributed by atoms with van der Waals surface area (Å²) in [5.74, 6) is 1.13. The number of piperidine rings is 1. The molecule has 2 N–H and O–H groups in total. The van der Waals surface area contributed by atoms with Crippen LogP contribution in [0.2, 0.25) is 0 Å². The van der Waals surface area contributed by atoms with Gasteiger partial charge in [0.05, 0.1) is 6.54 Å². The molecule has 2 aliphatic heterocycles. The van der Waals surface area contributed by atoms with Crippen molar-refractivity contribution < 1.29 is 14.3 Å². The van der Waals surface area contributed by atoms with Crippen molar-refractivity contribution in [3.05, 3.63) is 48.0 Å². The summed E-state index contributed by atoms with van der Waals surface area (Å²) in [6, 6.07) is 7.62. The van der Waals surface area contributed by atoms with E-state index in [-0.39, 0.29) is 11.9 Å². The molecule has 1 aromatic carbocycles. The van der Waals surface area contributed by atoms with Gasteiger partial charge in [-0.25, -0.2) is 9.78 Å². The first kappa shape index (κ1) is 21.4. The maximum Gasteiger partial charge on any atom is 0.321 e. The Balaban J connectivity index is 1.44. The van der Waals surface area contributed by atoms with Gasteiger partial charge in [-0.15, -0.1) is 0 Å². The third kappa shape index (κ3) is 4.44. The molecule has 3 amide bonds. The van der Waals surface area contributed by atoms with Crippen LogP contribution in [0.25, 0.3) is 0 Å². The highest BCUT2D eigenvalue weighted by atomic mass is 16.5. The Morgan fingerprint density at radius 2 is 2.00 bits per heavy atom. The first-order valence-electron chi connectivity index (χ1n) is 11.0. The number of carbonyl (C=O) groups is 2. The summed E-state index contributed by atoms with van der Waals surface area (Å²) in [6.07, 6.45) is 4.29. The van der Waals surface area contributed by atoms with E-state index in [0.29, 0.717) is 44.9 Å². The number of ether oxygens (including phenoxy) is 1. The van der Waals surface area contributed by atoms with Gasteiger partial charge in [0.2, 0.25) is 0 Å². The topological polar surface area (TPSA) is 88.5 Å². The number of aromatic nitrogens is 2. The molecular formula is C23H31N5O3. The zero-order chi connectivity index (χ0) is 22.0. The van der Waals surface area contributed by atoms with Gasteiger partial charge >= 0.3 is 6.03 Å². The number of nitrogens with one attached hydrogen (secondary N) is 2. The molecule has 1 saturated heterocycles. The molecule has 3 heterocycles. The number of para-hydroxylation sites is 1. The number of imidazole rings is 1. The predicted molar refractivity (Wildman–Crippen MR) is 118 cm³/mol. The molecule has 1 atom stereocenters. The van der Waals surface area contributed by atoms with Crippen LogP contribution >= 0.6 is 0 Å². The minimum atomic E-state index is -0.652. The third-order valence-corrected chi connectivity index (χ3v) is 6.08. The third-order valence-electron chi connectivity index (χ3n) is 6.08. The second-order valence-corrected chi connectivity index (χ2v) is 8.88. The minimum Gasteiger partial charge on any atom is -0.354 e. The van der Waals surface area contributed by atoms with E-state index in [2.05, 4.69) is 29.5 Å². The molecule has 2 aromatic rings. The highest BCUT2D eigenvalue weighted by molar-refractivity contribution is 5.90. The molecular weight excluding hydrogens is 394 g/mol. The van der Waals surface area contributed by atoms with Gasteiger partial charge in [0.15, 0.2) is 6.10 Å². The van der Waals surface area contributed by atoms with E-state index in [1.54, 1.807) is 11.1 Å². The van der Waals surface area contributed by atoms with Crippen molar-refractivity contribution in [3.63, 3.8) is 0 Å². The summed E-state index contributed by atoms with van der Waals surface area (Å²) in [7, 11) is 0. The number of fused-ring (bicyclic) bond motifs is 2. The molecule has 8 nitrogen and oxygen atoms in total. The summed E-state index contributed by atoms with van der Waals surface area (Å²) in [5, 5.41) is 5.99. The predicted octanol–water partition coefficient (Wildman–Crippen LogP) is 2.89. The van der Waals surface area contributed by atoms with Crippen LogP contribution in [0.5, 0.6) is 0 Å². The largest absolute Gasteiger partial charge is 0.354 e. The van der Waals surface area contributed by atoms with Gasteiger partial charge in [-0.2, -0.15) is 0 Å². The highest BCUT2D eigenvalue weighted by Gasteiger charge is 2.47. The SMILES string of the molecule is Cc1ccccc1NC(=O)N1CCC2(CC1)OC(C(=O)NCC(C)C)Cn1ccnc12. The standard InChI is InChI=1S/C23H31N5O3/c1-16(2)14-25-20(29)19-15-28-13-10-24-21(28)23(31-19)8-11-27(12-9-23)22(30)26-18-7-5-4-6-17(18)3/h4-7,10,13,16,19H,8-9,11-12,14-15H2,1-3H3,(H,25,29)(H,26,30). The number of carbonyl (C=O) groups excluding carboxylic acids is 2. The molecule has 2 aliphatic rings. The molecule has 1 aromatic heterocycles. The Kier molecular flexibility index (Phi) is 6.00. The number of rotatable bonds is 4. The lowest BCUT2D eigenvalue weighted by Crippen LogP contribution is -2.55. The van der Waals surface area contributed by atoms with Crippen LogP contribution in [-0.2, 0) is 21.7 Å². The van der Waals surface area contributed by atoms with Crippen LogP contribution < -0.4 is 10.6 Å². The van der Waals surface area contributed by atoms with E-state index in [9.17, 15) is 9.59 Å². The van der Waals surface area contributed by atoms with E-state index in [1.807, 2.05) is 42.0 Å². The van der Waals surface area contributed by atoms with Gasteiger partial charge in [0, 0.05) is 50.6 Å². The molecule has 1 spiro atoms. The normalized spacial score (nSPS) is 19.9. The molecule has 166 valence electrons. The Morgan fingerprint density at radius 3 is 2.71 bits per heavy atom. The van der Waals surface area contributed by atoms with Crippen molar-refractivity contribution in [3.8, 4) is 0 Å². The van der Waals surface area contributed by atoms with Crippen molar-refractivity contribution in [2.24, 2.45) is 5.92 Å². The van der Waals surface area contributed by atoms with Gasteiger partial charge in [0.1, 0.15) is 11.4 Å². The van der Waals surface area contributed by atoms with Gasteiger partial charge < -0.3 is 24.8 Å². The molecule has 31 heavy (non-hydrogen) atoms. The second-order valence-electron chi connectivity index (χ2n) is 8.88. The average molecular weight is 426 g/mol. The minimum absolute atomic E-state index is 0.0906. The summed E-state index contributed by atoms with van der Waals surface area (Å²) < 4.78 is 8.43. The number of benzene rings is 1. The maximum absolute atomic E-state index is 12.8. The van der Waals surface area contributed by atoms with Crippen LogP contribution in [-0.4, -0.2) is 52.1 Å². The molecule has 1 unspecified atom stereocenters. The number of aryl methyl sites for hydroxylation is 1. The first-order chi connectivity index (χ1) is 14.9. The molecule has 0 saturated carbocycles. The lowest BCUT2D eigenvalue weighted by Gasteiger charge is -2.45. The maximum atomic E-state index is 12.8. The van der Waals surface area contributed by atoms with Gasteiger partial charge in [-0.05, 0) is 24.5 Å². The number of amides is 3. The number of anilines is 1. The zero-order valence-corrected chi connectivity index (χ0v) is 18.4. The second kappa shape index (κ2) is 8.70. The molecule has 8 heteroatoms. The van der Waals surface area contributed by atoms with Crippen molar-refractivity contribution >= 4 is 17.6 Å². The van der Waals surface area contributed by atoms with E-state index >= 15 is 0 Å². The molecule has 1 fully saturated rings. The number of urea groups is 1. The van der Waals surface area contributed by atoms with Crippen molar-refractivity contribution in [2.75, 3.05) is 25.0 Å². The molecule has 0 bridgehead atoms. The lowest BCUT2D eigenvalue weighted by molar-refractivity contribution is -0.171.